The number of amides is 1. The van der Waals surface area contributed by atoms with Crippen molar-refractivity contribution >= 4 is 5.91 Å². The van der Waals surface area contributed by atoms with Crippen LogP contribution in [0.3, 0.4) is 0 Å². The smallest absolute Gasteiger partial charge is 0.218 e. The second-order valence-electron chi connectivity index (χ2n) is 3.76. The number of nitrogens with two attached hydrogens (primary N) is 1. The molecule has 1 aromatic rings. The van der Waals surface area contributed by atoms with Crippen molar-refractivity contribution in [3.63, 3.8) is 0 Å². The molecule has 0 aliphatic rings. The van der Waals surface area contributed by atoms with E-state index in [2.05, 4.69) is 17.4 Å². The van der Waals surface area contributed by atoms with Gasteiger partial charge in [0.1, 0.15) is 0 Å². The molecular weight excluding hydrogens is 188 g/mol. The number of benzene rings is 1. The van der Waals surface area contributed by atoms with Crippen LogP contribution < -0.4 is 11.1 Å². The molecule has 82 valence electrons. The number of hydrogen-bond acceptors (Lipinski definition) is 2. The Balaban J connectivity index is 2.19. The molecule has 0 saturated heterocycles. The number of hydrogen-bond donors (Lipinski definition) is 2. The lowest BCUT2D eigenvalue weighted by atomic mass is 10.1. The minimum absolute atomic E-state index is 0.159. The molecule has 15 heavy (non-hydrogen) atoms. The molecule has 1 aromatic carbocycles. The van der Waals surface area contributed by atoms with Gasteiger partial charge < -0.3 is 11.1 Å². The van der Waals surface area contributed by atoms with Gasteiger partial charge in [0.05, 0.1) is 0 Å². The van der Waals surface area contributed by atoms with Gasteiger partial charge in [-0.15, -0.1) is 0 Å². The highest BCUT2D eigenvalue weighted by Crippen LogP contribution is 1.98. The molecule has 0 heterocycles. The van der Waals surface area contributed by atoms with Crippen LogP contribution in [0.4, 0.5) is 0 Å². The minimum atomic E-state index is -0.255. The van der Waals surface area contributed by atoms with Crippen LogP contribution in [0.2, 0.25) is 0 Å². The molecule has 0 radical (unpaired) electrons. The number of nitrogens with one attached hydrogen (secondary N) is 1. The Labute approximate surface area is 90.7 Å². The Morgan fingerprint density at radius 1 is 1.40 bits per heavy atom. The molecule has 1 amide bonds. The van der Waals surface area contributed by atoms with E-state index in [-0.39, 0.29) is 11.9 Å². The maximum Gasteiger partial charge on any atom is 0.218 e. The summed E-state index contributed by atoms with van der Waals surface area (Å²) in [4.78, 5) is 10.6. The van der Waals surface area contributed by atoms with Gasteiger partial charge in [-0.2, -0.15) is 0 Å². The molecule has 3 heteroatoms. The number of primary amides is 1. The summed E-state index contributed by atoms with van der Waals surface area (Å²) in [5, 5.41) is 3.26. The van der Waals surface area contributed by atoms with Crippen LogP contribution in [-0.4, -0.2) is 18.5 Å². The zero-order chi connectivity index (χ0) is 11.1. The standard InChI is InChI=1S/C12H18N2O/c1-10(9-12(13)15)14-8-7-11-5-3-2-4-6-11/h2-6,10,14H,7-9H2,1H3,(H2,13,15). The Bertz CT molecular complexity index is 298. The molecule has 3 nitrogen and oxygen atoms in total. The number of carbonyl (C=O) groups is 1. The van der Waals surface area contributed by atoms with Crippen LogP contribution in [0.25, 0.3) is 0 Å². The minimum Gasteiger partial charge on any atom is -0.370 e. The quantitative estimate of drug-likeness (QED) is 0.732. The summed E-state index contributed by atoms with van der Waals surface area (Å²) in [6, 6.07) is 10.4. The van der Waals surface area contributed by atoms with E-state index in [1.54, 1.807) is 0 Å². The van der Waals surface area contributed by atoms with Crippen LogP contribution >= 0.6 is 0 Å². The van der Waals surface area contributed by atoms with Gasteiger partial charge in [-0.1, -0.05) is 30.3 Å². The summed E-state index contributed by atoms with van der Waals surface area (Å²) in [7, 11) is 0. The molecule has 0 aliphatic heterocycles. The van der Waals surface area contributed by atoms with Gasteiger partial charge in [-0.3, -0.25) is 4.79 Å². The molecule has 0 saturated carbocycles. The normalized spacial score (nSPS) is 12.3. The Hall–Kier alpha value is -1.35. The molecule has 1 atom stereocenters. The molecule has 0 fully saturated rings. The summed E-state index contributed by atoms with van der Waals surface area (Å²) in [5.74, 6) is -0.255. The molecular formula is C12H18N2O. The van der Waals surface area contributed by atoms with Crippen LogP contribution in [0.15, 0.2) is 30.3 Å². The van der Waals surface area contributed by atoms with Crippen molar-refractivity contribution in [3.05, 3.63) is 35.9 Å². The van der Waals surface area contributed by atoms with E-state index < -0.39 is 0 Å². The average Bonchev–Trinajstić information content (AvgIpc) is 2.18. The maximum absolute atomic E-state index is 10.6. The summed E-state index contributed by atoms with van der Waals surface area (Å²) in [6.45, 7) is 2.84. The molecule has 1 rings (SSSR count). The van der Waals surface area contributed by atoms with Crippen LogP contribution in [-0.2, 0) is 11.2 Å². The molecule has 0 spiro atoms. The maximum atomic E-state index is 10.6. The van der Waals surface area contributed by atoms with Crippen molar-refractivity contribution in [2.45, 2.75) is 25.8 Å². The lowest BCUT2D eigenvalue weighted by Crippen LogP contribution is -2.32. The summed E-state index contributed by atoms with van der Waals surface area (Å²) >= 11 is 0. The summed E-state index contributed by atoms with van der Waals surface area (Å²) < 4.78 is 0. The van der Waals surface area contributed by atoms with Gasteiger partial charge in [0.2, 0.25) is 5.91 Å². The van der Waals surface area contributed by atoms with Gasteiger partial charge in [0.25, 0.3) is 0 Å². The largest absolute Gasteiger partial charge is 0.370 e. The number of carbonyl (C=O) groups excluding carboxylic acids is 1. The number of rotatable bonds is 6. The van der Waals surface area contributed by atoms with Crippen LogP contribution in [0, 0.1) is 0 Å². The van der Waals surface area contributed by atoms with Crippen LogP contribution in [0.5, 0.6) is 0 Å². The second kappa shape index (κ2) is 6.19. The predicted molar refractivity (Wildman–Crippen MR) is 61.4 cm³/mol. The topological polar surface area (TPSA) is 55.1 Å². The SMILES string of the molecule is CC(CC(N)=O)NCCc1ccccc1. The van der Waals surface area contributed by atoms with Crippen LogP contribution in [0.1, 0.15) is 18.9 Å². The monoisotopic (exact) mass is 206 g/mol. The third-order valence-electron chi connectivity index (χ3n) is 2.26. The first-order chi connectivity index (χ1) is 7.18. The Morgan fingerprint density at radius 2 is 2.07 bits per heavy atom. The van der Waals surface area contributed by atoms with Gasteiger partial charge in [-0.05, 0) is 25.5 Å². The van der Waals surface area contributed by atoms with E-state index >= 15 is 0 Å². The van der Waals surface area contributed by atoms with Crippen molar-refractivity contribution in [2.75, 3.05) is 6.54 Å². The van der Waals surface area contributed by atoms with Gasteiger partial charge in [0, 0.05) is 12.5 Å². The summed E-state index contributed by atoms with van der Waals surface area (Å²) in [6.07, 6.45) is 1.37. The zero-order valence-corrected chi connectivity index (χ0v) is 9.07. The molecule has 0 bridgehead atoms. The lowest BCUT2D eigenvalue weighted by molar-refractivity contribution is -0.118. The Morgan fingerprint density at radius 3 is 2.67 bits per heavy atom. The fraction of sp³-hybridized carbons (Fsp3) is 0.417. The molecule has 1 unspecified atom stereocenters. The van der Waals surface area contributed by atoms with Gasteiger partial charge >= 0.3 is 0 Å². The average molecular weight is 206 g/mol. The fourth-order valence-corrected chi connectivity index (χ4v) is 1.48. The highest BCUT2D eigenvalue weighted by atomic mass is 16.1. The van der Waals surface area contributed by atoms with E-state index in [1.807, 2.05) is 25.1 Å². The van der Waals surface area contributed by atoms with Crippen molar-refractivity contribution in [2.24, 2.45) is 5.73 Å². The van der Waals surface area contributed by atoms with Gasteiger partial charge in [0.15, 0.2) is 0 Å². The van der Waals surface area contributed by atoms with E-state index in [0.717, 1.165) is 13.0 Å². The molecule has 0 aliphatic carbocycles. The Kier molecular flexibility index (Phi) is 4.84. The third kappa shape index (κ3) is 5.18. The zero-order valence-electron chi connectivity index (χ0n) is 9.07. The fourth-order valence-electron chi connectivity index (χ4n) is 1.48. The van der Waals surface area contributed by atoms with E-state index in [4.69, 9.17) is 5.73 Å². The van der Waals surface area contributed by atoms with Crippen molar-refractivity contribution in [1.82, 2.24) is 5.32 Å². The first-order valence-corrected chi connectivity index (χ1v) is 5.24. The first kappa shape index (κ1) is 11.7. The van der Waals surface area contributed by atoms with Crippen molar-refractivity contribution < 1.29 is 4.79 Å². The predicted octanol–water partition coefficient (Wildman–Crippen LogP) is 1.08. The lowest BCUT2D eigenvalue weighted by Gasteiger charge is -2.11. The van der Waals surface area contributed by atoms with E-state index in [9.17, 15) is 4.79 Å². The first-order valence-electron chi connectivity index (χ1n) is 5.24. The van der Waals surface area contributed by atoms with Crippen molar-refractivity contribution in [1.29, 1.82) is 0 Å². The van der Waals surface area contributed by atoms with E-state index in [0.29, 0.717) is 6.42 Å². The molecule has 0 aromatic heterocycles. The molecule has 3 N–H and O–H groups in total. The van der Waals surface area contributed by atoms with E-state index in [1.165, 1.54) is 5.56 Å². The highest BCUT2D eigenvalue weighted by Gasteiger charge is 2.04. The van der Waals surface area contributed by atoms with Gasteiger partial charge in [-0.25, -0.2) is 0 Å². The summed E-state index contributed by atoms with van der Waals surface area (Å²) in [5.41, 5.74) is 6.40. The second-order valence-corrected chi connectivity index (χ2v) is 3.76. The highest BCUT2D eigenvalue weighted by molar-refractivity contribution is 5.74. The van der Waals surface area contributed by atoms with Crippen molar-refractivity contribution in [3.8, 4) is 0 Å². The third-order valence-corrected chi connectivity index (χ3v) is 2.26.